The highest BCUT2D eigenvalue weighted by Crippen LogP contribution is 2.40. The van der Waals surface area contributed by atoms with E-state index in [1.165, 1.54) is 0 Å². The van der Waals surface area contributed by atoms with Crippen molar-refractivity contribution in [3.63, 3.8) is 0 Å². The summed E-state index contributed by atoms with van der Waals surface area (Å²) in [5.41, 5.74) is 0.765. The standard InChI is InChI=1S/C18H26N2O3/c1-12(2)15-9-14(13(3)23-15)17(22)20-7-5-18(6-8-20)10-16(21)19(4)11-18/h9,12H,5-8,10-11H2,1-4H3. The lowest BCUT2D eigenvalue weighted by Crippen LogP contribution is -2.44. The largest absolute Gasteiger partial charge is 0.465 e. The Morgan fingerprint density at radius 2 is 1.96 bits per heavy atom. The highest BCUT2D eigenvalue weighted by molar-refractivity contribution is 5.95. The van der Waals surface area contributed by atoms with Gasteiger partial charge in [0.05, 0.1) is 5.56 Å². The van der Waals surface area contributed by atoms with Gasteiger partial charge in [-0.1, -0.05) is 13.8 Å². The number of carbonyl (C=O) groups is 2. The Kier molecular flexibility index (Phi) is 3.98. The van der Waals surface area contributed by atoms with Crippen molar-refractivity contribution in [2.75, 3.05) is 26.7 Å². The van der Waals surface area contributed by atoms with Gasteiger partial charge in [-0.25, -0.2) is 0 Å². The number of aryl methyl sites for hydroxylation is 1. The van der Waals surface area contributed by atoms with E-state index in [4.69, 9.17) is 4.42 Å². The molecule has 0 aliphatic carbocycles. The number of hydrogen-bond donors (Lipinski definition) is 0. The molecule has 0 bridgehead atoms. The lowest BCUT2D eigenvalue weighted by atomic mass is 9.77. The fraction of sp³-hybridized carbons (Fsp3) is 0.667. The number of likely N-dealkylation sites (tertiary alicyclic amines) is 2. The van der Waals surface area contributed by atoms with Gasteiger partial charge in [0.25, 0.3) is 5.91 Å². The zero-order chi connectivity index (χ0) is 16.8. The Bertz CT molecular complexity index is 624. The van der Waals surface area contributed by atoms with Crippen molar-refractivity contribution in [1.29, 1.82) is 0 Å². The van der Waals surface area contributed by atoms with Gasteiger partial charge in [0, 0.05) is 44.4 Å². The number of piperidine rings is 1. The zero-order valence-corrected chi connectivity index (χ0v) is 14.5. The molecule has 2 amide bonds. The third-order valence-corrected chi connectivity index (χ3v) is 5.37. The molecule has 5 heteroatoms. The van der Waals surface area contributed by atoms with E-state index in [1.807, 2.05) is 29.8 Å². The van der Waals surface area contributed by atoms with Crippen LogP contribution in [0.5, 0.6) is 0 Å². The first-order valence-electron chi connectivity index (χ1n) is 8.45. The molecule has 0 atom stereocenters. The maximum Gasteiger partial charge on any atom is 0.257 e. The minimum atomic E-state index is 0.0608. The van der Waals surface area contributed by atoms with E-state index >= 15 is 0 Å². The summed E-state index contributed by atoms with van der Waals surface area (Å²) < 4.78 is 5.71. The summed E-state index contributed by atoms with van der Waals surface area (Å²) in [6.45, 7) is 8.25. The first-order chi connectivity index (χ1) is 10.8. The molecule has 0 radical (unpaired) electrons. The van der Waals surface area contributed by atoms with Crippen molar-refractivity contribution in [3.8, 4) is 0 Å². The fourth-order valence-electron chi connectivity index (χ4n) is 3.79. The first kappa shape index (κ1) is 16.1. The van der Waals surface area contributed by atoms with Gasteiger partial charge in [0.1, 0.15) is 11.5 Å². The molecule has 0 N–H and O–H groups in total. The van der Waals surface area contributed by atoms with Crippen LogP contribution < -0.4 is 0 Å². The predicted molar refractivity (Wildman–Crippen MR) is 87.4 cm³/mol. The molecule has 1 aromatic rings. The molecule has 3 rings (SSSR count). The fourth-order valence-corrected chi connectivity index (χ4v) is 3.79. The molecule has 2 aliphatic rings. The maximum absolute atomic E-state index is 12.8. The third-order valence-electron chi connectivity index (χ3n) is 5.37. The first-order valence-corrected chi connectivity index (χ1v) is 8.45. The van der Waals surface area contributed by atoms with Gasteiger partial charge in [0.2, 0.25) is 5.91 Å². The Hall–Kier alpha value is -1.78. The molecule has 0 unspecified atom stereocenters. The average molecular weight is 318 g/mol. The van der Waals surface area contributed by atoms with E-state index in [0.717, 1.165) is 38.2 Å². The predicted octanol–water partition coefficient (Wildman–Crippen LogP) is 2.80. The molecule has 0 saturated carbocycles. The number of nitrogens with zero attached hydrogens (tertiary/aromatic N) is 2. The Balaban J connectivity index is 1.68. The van der Waals surface area contributed by atoms with Crippen LogP contribution >= 0.6 is 0 Å². The maximum atomic E-state index is 12.8. The zero-order valence-electron chi connectivity index (χ0n) is 14.5. The van der Waals surface area contributed by atoms with Crippen LogP contribution in [0, 0.1) is 12.3 Å². The highest BCUT2D eigenvalue weighted by Gasteiger charge is 2.44. The summed E-state index contributed by atoms with van der Waals surface area (Å²) in [7, 11) is 1.87. The van der Waals surface area contributed by atoms with Crippen molar-refractivity contribution >= 4 is 11.8 Å². The van der Waals surface area contributed by atoms with Crippen LogP contribution in [0.4, 0.5) is 0 Å². The molecule has 1 aromatic heterocycles. The summed E-state index contributed by atoms with van der Waals surface area (Å²) in [4.78, 5) is 28.3. The molecule has 1 spiro atoms. The van der Waals surface area contributed by atoms with E-state index in [9.17, 15) is 9.59 Å². The van der Waals surface area contributed by atoms with E-state index in [1.54, 1.807) is 0 Å². The molecular formula is C18H26N2O3. The van der Waals surface area contributed by atoms with Crippen molar-refractivity contribution in [1.82, 2.24) is 9.80 Å². The minimum Gasteiger partial charge on any atom is -0.465 e. The third kappa shape index (κ3) is 2.89. The number of hydrogen-bond acceptors (Lipinski definition) is 3. The molecule has 5 nitrogen and oxygen atoms in total. The van der Waals surface area contributed by atoms with Gasteiger partial charge in [-0.15, -0.1) is 0 Å². The molecule has 0 aromatic carbocycles. The Morgan fingerprint density at radius 1 is 1.30 bits per heavy atom. The topological polar surface area (TPSA) is 53.8 Å². The van der Waals surface area contributed by atoms with Gasteiger partial charge < -0.3 is 14.2 Å². The Morgan fingerprint density at radius 3 is 2.43 bits per heavy atom. The van der Waals surface area contributed by atoms with Crippen LogP contribution in [0.1, 0.15) is 60.9 Å². The monoisotopic (exact) mass is 318 g/mol. The SMILES string of the molecule is Cc1oc(C(C)C)cc1C(=O)N1CCC2(CC1)CC(=O)N(C)C2. The summed E-state index contributed by atoms with van der Waals surface area (Å²) in [5.74, 6) is 2.14. The number of furan rings is 1. The molecule has 3 heterocycles. The average Bonchev–Trinajstić information content (AvgIpc) is 3.00. The van der Waals surface area contributed by atoms with Crippen LogP contribution in [-0.4, -0.2) is 48.3 Å². The van der Waals surface area contributed by atoms with Crippen molar-refractivity contribution < 1.29 is 14.0 Å². The smallest absolute Gasteiger partial charge is 0.257 e. The van der Waals surface area contributed by atoms with Crippen LogP contribution in [0.15, 0.2) is 10.5 Å². The second-order valence-electron chi connectivity index (χ2n) is 7.49. The lowest BCUT2D eigenvalue weighted by molar-refractivity contribution is -0.126. The van der Waals surface area contributed by atoms with Gasteiger partial charge in [-0.2, -0.15) is 0 Å². The lowest BCUT2D eigenvalue weighted by Gasteiger charge is -2.38. The summed E-state index contributed by atoms with van der Waals surface area (Å²) >= 11 is 0. The molecule has 126 valence electrons. The van der Waals surface area contributed by atoms with Crippen LogP contribution in [0.3, 0.4) is 0 Å². The molecule has 2 aliphatic heterocycles. The van der Waals surface area contributed by atoms with E-state index < -0.39 is 0 Å². The molecule has 2 saturated heterocycles. The van der Waals surface area contributed by atoms with Gasteiger partial charge in [-0.05, 0) is 25.8 Å². The number of rotatable bonds is 2. The minimum absolute atomic E-state index is 0.0608. The van der Waals surface area contributed by atoms with Crippen LogP contribution in [0.2, 0.25) is 0 Å². The normalized spacial score (nSPS) is 20.8. The summed E-state index contributed by atoms with van der Waals surface area (Å²) in [6, 6.07) is 1.89. The van der Waals surface area contributed by atoms with E-state index in [2.05, 4.69) is 13.8 Å². The van der Waals surface area contributed by atoms with E-state index in [-0.39, 0.29) is 23.1 Å². The summed E-state index contributed by atoms with van der Waals surface area (Å²) in [5, 5.41) is 0. The van der Waals surface area contributed by atoms with Crippen molar-refractivity contribution in [3.05, 3.63) is 23.2 Å². The molecular weight excluding hydrogens is 292 g/mol. The van der Waals surface area contributed by atoms with Crippen LogP contribution in [-0.2, 0) is 4.79 Å². The number of carbonyl (C=O) groups excluding carboxylic acids is 2. The van der Waals surface area contributed by atoms with Crippen molar-refractivity contribution in [2.45, 2.75) is 46.0 Å². The van der Waals surface area contributed by atoms with Gasteiger partial charge in [0.15, 0.2) is 0 Å². The second-order valence-corrected chi connectivity index (χ2v) is 7.49. The quantitative estimate of drug-likeness (QED) is 0.842. The Labute approximate surface area is 137 Å². The molecule has 2 fully saturated rings. The number of amides is 2. The van der Waals surface area contributed by atoms with Gasteiger partial charge in [-0.3, -0.25) is 9.59 Å². The van der Waals surface area contributed by atoms with Crippen LogP contribution in [0.25, 0.3) is 0 Å². The van der Waals surface area contributed by atoms with Crippen molar-refractivity contribution in [2.24, 2.45) is 5.41 Å². The van der Waals surface area contributed by atoms with Gasteiger partial charge >= 0.3 is 0 Å². The summed E-state index contributed by atoms with van der Waals surface area (Å²) in [6.07, 6.45) is 2.44. The molecule has 23 heavy (non-hydrogen) atoms. The second kappa shape index (κ2) is 5.69. The van der Waals surface area contributed by atoms with E-state index in [0.29, 0.717) is 17.7 Å². The highest BCUT2D eigenvalue weighted by atomic mass is 16.3.